The van der Waals surface area contributed by atoms with Gasteiger partial charge >= 0.3 is 0 Å². The number of nitrogens with zero attached hydrogens (tertiary/aromatic N) is 2. The topological polar surface area (TPSA) is 88.9 Å². The Labute approximate surface area is 200 Å². The summed E-state index contributed by atoms with van der Waals surface area (Å²) in [6.07, 6.45) is 7.07. The van der Waals surface area contributed by atoms with Gasteiger partial charge in [0.25, 0.3) is 5.69 Å². The van der Waals surface area contributed by atoms with E-state index in [0.717, 1.165) is 22.3 Å². The number of fused-ring (bicyclic) bond motifs is 1. The molecule has 0 fully saturated rings. The van der Waals surface area contributed by atoms with E-state index in [1.165, 1.54) is 12.1 Å². The molecule has 0 bridgehead atoms. The summed E-state index contributed by atoms with van der Waals surface area (Å²) < 4.78 is 0. The lowest BCUT2D eigenvalue weighted by Gasteiger charge is -2.17. The molecule has 0 saturated carbocycles. The van der Waals surface area contributed by atoms with Crippen LogP contribution in [0.5, 0.6) is 0 Å². The molecule has 1 N–H and O–H groups in total. The van der Waals surface area contributed by atoms with Crippen molar-refractivity contribution in [3.63, 3.8) is 0 Å². The third-order valence-corrected chi connectivity index (χ3v) is 5.97. The maximum Gasteiger partial charge on any atom is 0.269 e. The number of allylic oxidation sites excluding steroid dienone is 2. The summed E-state index contributed by atoms with van der Waals surface area (Å²) in [7, 11) is 0. The maximum atomic E-state index is 12.6. The van der Waals surface area contributed by atoms with Gasteiger partial charge in [-0.15, -0.1) is 0 Å². The van der Waals surface area contributed by atoms with Crippen LogP contribution in [0.1, 0.15) is 22.9 Å². The minimum absolute atomic E-state index is 0.00928. The normalized spacial score (nSPS) is 15.0. The molecule has 34 heavy (non-hydrogen) atoms. The molecular weight excluding hydrogens is 450 g/mol. The summed E-state index contributed by atoms with van der Waals surface area (Å²) in [5.74, 6) is 0.182. The number of rotatable bonds is 5. The van der Waals surface area contributed by atoms with Crippen LogP contribution in [0.3, 0.4) is 0 Å². The third kappa shape index (κ3) is 4.19. The molecule has 1 aliphatic carbocycles. The number of aromatic nitrogens is 2. The highest BCUT2D eigenvalue weighted by molar-refractivity contribution is 6.30. The number of nitro benzene ring substituents is 1. The highest BCUT2D eigenvalue weighted by Gasteiger charge is 2.22. The van der Waals surface area contributed by atoms with Crippen molar-refractivity contribution < 1.29 is 9.72 Å². The number of carbonyl (C=O) groups excluding carboxylic acids is 1. The predicted octanol–water partition coefficient (Wildman–Crippen LogP) is 6.70. The van der Waals surface area contributed by atoms with Gasteiger partial charge in [0.15, 0.2) is 5.78 Å². The van der Waals surface area contributed by atoms with Crippen molar-refractivity contribution in [1.29, 1.82) is 0 Å². The van der Waals surface area contributed by atoms with E-state index in [1.807, 2.05) is 48.6 Å². The van der Waals surface area contributed by atoms with Crippen LogP contribution >= 0.6 is 11.6 Å². The van der Waals surface area contributed by atoms with Crippen molar-refractivity contribution in [2.24, 2.45) is 0 Å². The van der Waals surface area contributed by atoms with E-state index in [9.17, 15) is 14.9 Å². The summed E-state index contributed by atoms with van der Waals surface area (Å²) >= 11 is 6.06. The van der Waals surface area contributed by atoms with Crippen LogP contribution < -0.4 is 0 Å². The number of carbonyl (C=O) groups is 1. The van der Waals surface area contributed by atoms with Gasteiger partial charge in [0.1, 0.15) is 5.82 Å². The van der Waals surface area contributed by atoms with Gasteiger partial charge in [0.05, 0.1) is 22.2 Å². The van der Waals surface area contributed by atoms with Crippen molar-refractivity contribution in [1.82, 2.24) is 9.97 Å². The van der Waals surface area contributed by atoms with Crippen LogP contribution in [0.2, 0.25) is 5.02 Å². The smallest absolute Gasteiger partial charge is 0.269 e. The monoisotopic (exact) mass is 467 g/mol. The molecule has 1 heterocycles. The molecule has 0 spiro atoms. The summed E-state index contributed by atoms with van der Waals surface area (Å²) in [5, 5.41) is 11.7. The number of aromatic amines is 1. The van der Waals surface area contributed by atoms with Gasteiger partial charge in [0, 0.05) is 28.3 Å². The average molecular weight is 468 g/mol. The second kappa shape index (κ2) is 8.92. The second-order valence-corrected chi connectivity index (χ2v) is 8.29. The molecule has 7 heteroatoms. The lowest BCUT2D eigenvalue weighted by molar-refractivity contribution is -0.384. The Hall–Kier alpha value is -4.29. The zero-order valence-electron chi connectivity index (χ0n) is 17.8. The molecule has 5 rings (SSSR count). The number of nitrogens with one attached hydrogen (secondary N) is 1. The fraction of sp³-hybridized carbons (Fsp3) is 0.0370. The Balaban J connectivity index is 1.55. The highest BCUT2D eigenvalue weighted by Crippen LogP contribution is 2.33. The van der Waals surface area contributed by atoms with Crippen molar-refractivity contribution >= 4 is 35.2 Å². The fourth-order valence-electron chi connectivity index (χ4n) is 4.01. The number of imidazole rings is 1. The van der Waals surface area contributed by atoms with E-state index in [0.29, 0.717) is 22.2 Å². The standard InChI is InChI=1S/C27H18ClN3O3/c28-20-10-5-18(6-11-20)26-27(19-7-12-21(13-8-19)31(33)34)30-25(29-26)16-14-23-22-4-2-1-3-17(22)9-15-24(23)32/h1-16,23H,(H,29,30). The van der Waals surface area contributed by atoms with Gasteiger partial charge in [-0.1, -0.05) is 60.2 Å². The van der Waals surface area contributed by atoms with E-state index in [4.69, 9.17) is 16.6 Å². The van der Waals surface area contributed by atoms with E-state index in [2.05, 4.69) is 4.98 Å². The van der Waals surface area contributed by atoms with E-state index in [-0.39, 0.29) is 11.5 Å². The molecule has 1 aromatic heterocycles. The summed E-state index contributed by atoms with van der Waals surface area (Å²) in [4.78, 5) is 31.3. The number of nitro groups is 1. The summed E-state index contributed by atoms with van der Waals surface area (Å²) in [5.41, 5.74) is 4.97. The summed E-state index contributed by atoms with van der Waals surface area (Å²) in [6, 6.07) is 21.4. The Morgan fingerprint density at radius 1 is 0.941 bits per heavy atom. The van der Waals surface area contributed by atoms with Gasteiger partial charge in [-0.2, -0.15) is 0 Å². The Kier molecular flexibility index (Phi) is 5.65. The van der Waals surface area contributed by atoms with Gasteiger partial charge in [0.2, 0.25) is 0 Å². The Morgan fingerprint density at radius 2 is 1.65 bits per heavy atom. The van der Waals surface area contributed by atoms with E-state index in [1.54, 1.807) is 36.4 Å². The van der Waals surface area contributed by atoms with Crippen molar-refractivity contribution in [2.45, 2.75) is 5.92 Å². The lowest BCUT2D eigenvalue weighted by atomic mass is 9.86. The second-order valence-electron chi connectivity index (χ2n) is 7.86. The number of hydrogen-bond acceptors (Lipinski definition) is 4. The molecule has 166 valence electrons. The SMILES string of the molecule is O=C1C=Cc2ccccc2C1C=Cc1nc(-c2ccc(Cl)cc2)c(-c2ccc([N+](=O)[O-])cc2)[nH]1. The number of ketones is 1. The first kappa shape index (κ1) is 21.6. The van der Waals surface area contributed by atoms with Crippen molar-refractivity contribution in [2.75, 3.05) is 0 Å². The van der Waals surface area contributed by atoms with Crippen LogP contribution in [0.25, 0.3) is 34.7 Å². The summed E-state index contributed by atoms with van der Waals surface area (Å²) in [6.45, 7) is 0. The van der Waals surface area contributed by atoms with E-state index < -0.39 is 10.8 Å². The van der Waals surface area contributed by atoms with E-state index >= 15 is 0 Å². The quantitative estimate of drug-likeness (QED) is 0.261. The molecule has 1 atom stereocenters. The minimum atomic E-state index is -0.432. The van der Waals surface area contributed by atoms with Crippen LogP contribution in [-0.4, -0.2) is 20.7 Å². The zero-order valence-corrected chi connectivity index (χ0v) is 18.6. The number of non-ortho nitro benzene ring substituents is 1. The van der Waals surface area contributed by atoms with Crippen LogP contribution in [-0.2, 0) is 4.79 Å². The molecular formula is C27H18ClN3O3. The average Bonchev–Trinajstić information content (AvgIpc) is 3.28. The molecule has 4 aromatic rings. The van der Waals surface area contributed by atoms with Crippen LogP contribution in [0.4, 0.5) is 5.69 Å². The number of hydrogen-bond donors (Lipinski definition) is 1. The first-order chi connectivity index (χ1) is 16.5. The Bertz CT molecular complexity index is 1450. The number of H-pyrrole nitrogens is 1. The zero-order chi connectivity index (χ0) is 23.7. The van der Waals surface area contributed by atoms with Crippen LogP contribution in [0.15, 0.2) is 84.9 Å². The van der Waals surface area contributed by atoms with Crippen molar-refractivity contribution in [3.05, 3.63) is 117 Å². The molecule has 3 aromatic carbocycles. The van der Waals surface area contributed by atoms with Gasteiger partial charge in [-0.3, -0.25) is 14.9 Å². The van der Waals surface area contributed by atoms with Crippen LogP contribution in [0, 0.1) is 10.1 Å². The van der Waals surface area contributed by atoms with Gasteiger partial charge in [-0.25, -0.2) is 4.98 Å². The van der Waals surface area contributed by atoms with Gasteiger partial charge < -0.3 is 4.98 Å². The number of halogens is 1. The minimum Gasteiger partial charge on any atom is -0.338 e. The lowest BCUT2D eigenvalue weighted by Crippen LogP contribution is -2.12. The molecule has 0 saturated heterocycles. The largest absolute Gasteiger partial charge is 0.338 e. The highest BCUT2D eigenvalue weighted by atomic mass is 35.5. The predicted molar refractivity (Wildman–Crippen MR) is 133 cm³/mol. The molecule has 1 unspecified atom stereocenters. The Morgan fingerprint density at radius 3 is 2.38 bits per heavy atom. The fourth-order valence-corrected chi connectivity index (χ4v) is 4.13. The first-order valence-corrected chi connectivity index (χ1v) is 11.0. The molecule has 0 radical (unpaired) electrons. The van der Waals surface area contributed by atoms with Crippen molar-refractivity contribution in [3.8, 4) is 22.5 Å². The van der Waals surface area contributed by atoms with Gasteiger partial charge in [-0.05, 0) is 47.5 Å². The number of benzene rings is 3. The molecule has 0 amide bonds. The molecule has 1 aliphatic rings. The third-order valence-electron chi connectivity index (χ3n) is 5.72. The first-order valence-electron chi connectivity index (χ1n) is 10.6. The maximum absolute atomic E-state index is 12.6. The molecule has 6 nitrogen and oxygen atoms in total. The molecule has 0 aliphatic heterocycles.